The predicted octanol–water partition coefficient (Wildman–Crippen LogP) is 4.17. The molecule has 5 rings (SSSR count). The Labute approximate surface area is 198 Å². The summed E-state index contributed by atoms with van der Waals surface area (Å²) >= 11 is 0. The Balaban J connectivity index is 1.46. The van der Waals surface area contributed by atoms with Gasteiger partial charge >= 0.3 is 0 Å². The zero-order valence-electron chi connectivity index (χ0n) is 18.7. The zero-order chi connectivity index (χ0) is 23.7. The fraction of sp³-hybridized carbons (Fsp3) is 0.192. The highest BCUT2D eigenvalue weighted by atomic mass is 32.2. The number of carbonyl (C=O) groups excluding carboxylic acids is 1. The van der Waals surface area contributed by atoms with Crippen LogP contribution >= 0.6 is 0 Å². The Hall–Kier alpha value is -3.62. The molecule has 2 heterocycles. The van der Waals surface area contributed by atoms with Gasteiger partial charge in [0, 0.05) is 41.7 Å². The first-order valence-corrected chi connectivity index (χ1v) is 12.6. The molecular weight excluding hydrogens is 450 g/mol. The molecule has 34 heavy (non-hydrogen) atoms. The zero-order valence-corrected chi connectivity index (χ0v) is 19.5. The average Bonchev–Trinajstić information content (AvgIpc) is 3.28. The van der Waals surface area contributed by atoms with E-state index < -0.39 is 10.0 Å². The first-order chi connectivity index (χ1) is 16.4. The van der Waals surface area contributed by atoms with E-state index in [4.69, 9.17) is 4.74 Å². The number of anilines is 1. The van der Waals surface area contributed by atoms with Gasteiger partial charge in [0.25, 0.3) is 0 Å². The Bertz CT molecular complexity index is 1460. The van der Waals surface area contributed by atoms with E-state index in [-0.39, 0.29) is 23.3 Å². The molecule has 0 fully saturated rings. The third kappa shape index (κ3) is 4.30. The smallest absolute Gasteiger partial charge is 0.240 e. The quantitative estimate of drug-likeness (QED) is 0.373. The predicted molar refractivity (Wildman–Crippen MR) is 132 cm³/mol. The van der Waals surface area contributed by atoms with E-state index in [1.807, 2.05) is 54.7 Å². The number of hydrogen-bond donors (Lipinski definition) is 3. The van der Waals surface area contributed by atoms with E-state index in [1.54, 1.807) is 19.2 Å². The molecule has 3 N–H and O–H groups in total. The number of carbonyl (C=O) groups is 1. The minimum absolute atomic E-state index is 0.0534. The molecular formula is C26H25N3O4S. The van der Waals surface area contributed by atoms with Gasteiger partial charge < -0.3 is 15.0 Å². The van der Waals surface area contributed by atoms with Crippen LogP contribution in [-0.4, -0.2) is 33.0 Å². The van der Waals surface area contributed by atoms with Crippen molar-refractivity contribution in [3.05, 3.63) is 89.6 Å². The van der Waals surface area contributed by atoms with Crippen molar-refractivity contribution in [1.29, 1.82) is 0 Å². The van der Waals surface area contributed by atoms with Crippen LogP contribution in [0.15, 0.2) is 77.8 Å². The second kappa shape index (κ2) is 8.96. The third-order valence-electron chi connectivity index (χ3n) is 6.27. The largest absolute Gasteiger partial charge is 0.497 e. The number of hydrogen-bond acceptors (Lipinski definition) is 4. The number of H-pyrrole nitrogens is 1. The van der Waals surface area contributed by atoms with Crippen LogP contribution in [0.3, 0.4) is 0 Å². The fourth-order valence-electron chi connectivity index (χ4n) is 4.43. The summed E-state index contributed by atoms with van der Waals surface area (Å²) in [6, 6.07) is 20.5. The summed E-state index contributed by atoms with van der Waals surface area (Å²) in [5.74, 6) is 0.471. The standard InChI is InChI=1S/C26H25N3O4S/c1-33-19-9-6-17(7-10-19)22(23-15-27-25-5-3-2-4-21(23)25)16-28-34(31,32)20-11-12-24-18(14-20)8-13-26(30)29-24/h2-7,9-12,14-15,22,27-28H,8,13,16H2,1H3,(H,29,30)/t22-/m1/s1. The number of methoxy groups -OCH3 is 1. The van der Waals surface area contributed by atoms with E-state index in [0.29, 0.717) is 18.5 Å². The van der Waals surface area contributed by atoms with Gasteiger partial charge in [0.05, 0.1) is 12.0 Å². The Kier molecular flexibility index (Phi) is 5.85. The van der Waals surface area contributed by atoms with Gasteiger partial charge in [-0.15, -0.1) is 0 Å². The van der Waals surface area contributed by atoms with Crippen molar-refractivity contribution in [2.45, 2.75) is 23.7 Å². The van der Waals surface area contributed by atoms with E-state index in [9.17, 15) is 13.2 Å². The van der Waals surface area contributed by atoms with Crippen LogP contribution in [0.5, 0.6) is 5.75 Å². The maximum absolute atomic E-state index is 13.2. The van der Waals surface area contributed by atoms with Crippen LogP contribution in [0.1, 0.15) is 29.0 Å². The topological polar surface area (TPSA) is 100 Å². The molecule has 1 amide bonds. The minimum Gasteiger partial charge on any atom is -0.497 e. The lowest BCUT2D eigenvalue weighted by Gasteiger charge is -2.20. The van der Waals surface area contributed by atoms with Crippen molar-refractivity contribution in [2.24, 2.45) is 0 Å². The number of fused-ring (bicyclic) bond motifs is 2. The van der Waals surface area contributed by atoms with Crippen molar-refractivity contribution in [3.8, 4) is 5.75 Å². The number of sulfonamides is 1. The lowest BCUT2D eigenvalue weighted by Crippen LogP contribution is -2.29. The molecule has 0 saturated carbocycles. The molecule has 7 nitrogen and oxygen atoms in total. The number of amides is 1. The lowest BCUT2D eigenvalue weighted by molar-refractivity contribution is -0.116. The van der Waals surface area contributed by atoms with Crippen molar-refractivity contribution >= 4 is 32.5 Å². The highest BCUT2D eigenvalue weighted by molar-refractivity contribution is 7.89. The van der Waals surface area contributed by atoms with Crippen LogP contribution in [0, 0.1) is 0 Å². The Morgan fingerprint density at radius 2 is 1.82 bits per heavy atom. The summed E-state index contributed by atoms with van der Waals surface area (Å²) in [7, 11) is -2.15. The van der Waals surface area contributed by atoms with Gasteiger partial charge in [-0.3, -0.25) is 4.79 Å². The van der Waals surface area contributed by atoms with Gasteiger partial charge in [0.1, 0.15) is 5.75 Å². The minimum atomic E-state index is -3.77. The van der Waals surface area contributed by atoms with Crippen LogP contribution in [0.25, 0.3) is 10.9 Å². The number of aromatic nitrogens is 1. The fourth-order valence-corrected chi connectivity index (χ4v) is 5.53. The van der Waals surface area contributed by atoms with Crippen molar-refractivity contribution < 1.29 is 17.9 Å². The molecule has 174 valence electrons. The van der Waals surface area contributed by atoms with E-state index in [0.717, 1.165) is 33.3 Å². The van der Waals surface area contributed by atoms with Crippen LogP contribution < -0.4 is 14.8 Å². The monoisotopic (exact) mass is 475 g/mol. The molecule has 0 saturated heterocycles. The summed E-state index contributed by atoms with van der Waals surface area (Å²) in [4.78, 5) is 15.1. The molecule has 0 unspecified atom stereocenters. The van der Waals surface area contributed by atoms with Crippen LogP contribution in [0.4, 0.5) is 5.69 Å². The van der Waals surface area contributed by atoms with E-state index in [1.165, 1.54) is 6.07 Å². The molecule has 8 heteroatoms. The number of rotatable bonds is 7. The summed E-state index contributed by atoms with van der Waals surface area (Å²) in [5, 5.41) is 3.84. The second-order valence-corrected chi connectivity index (χ2v) is 10.1. The van der Waals surface area contributed by atoms with E-state index in [2.05, 4.69) is 15.0 Å². The van der Waals surface area contributed by atoms with Gasteiger partial charge in [-0.1, -0.05) is 30.3 Å². The molecule has 1 aliphatic rings. The molecule has 3 aromatic carbocycles. The van der Waals surface area contributed by atoms with Gasteiger partial charge in [-0.2, -0.15) is 0 Å². The summed E-state index contributed by atoms with van der Waals surface area (Å²) in [6.07, 6.45) is 2.81. The second-order valence-electron chi connectivity index (χ2n) is 8.33. The lowest BCUT2D eigenvalue weighted by atomic mass is 9.91. The summed E-state index contributed by atoms with van der Waals surface area (Å²) < 4.78 is 34.6. The first-order valence-electron chi connectivity index (χ1n) is 11.1. The molecule has 0 spiro atoms. The molecule has 1 aliphatic heterocycles. The molecule has 0 bridgehead atoms. The van der Waals surface area contributed by atoms with Gasteiger partial charge in [-0.05, 0) is 59.5 Å². The van der Waals surface area contributed by atoms with Gasteiger partial charge in [0.2, 0.25) is 15.9 Å². The molecule has 0 radical (unpaired) electrons. The maximum atomic E-state index is 13.2. The summed E-state index contributed by atoms with van der Waals surface area (Å²) in [5.41, 5.74) is 4.48. The molecule has 1 atom stereocenters. The van der Waals surface area contributed by atoms with Crippen molar-refractivity contribution in [2.75, 3.05) is 19.0 Å². The Morgan fingerprint density at radius 1 is 1.03 bits per heavy atom. The number of benzene rings is 3. The Morgan fingerprint density at radius 3 is 2.62 bits per heavy atom. The number of para-hydroxylation sites is 1. The average molecular weight is 476 g/mol. The van der Waals surface area contributed by atoms with Crippen molar-refractivity contribution in [3.63, 3.8) is 0 Å². The number of aromatic amines is 1. The molecule has 0 aliphatic carbocycles. The number of aryl methyl sites for hydroxylation is 1. The summed E-state index contributed by atoms with van der Waals surface area (Å²) in [6.45, 7) is 0.185. The molecule has 1 aromatic heterocycles. The molecule has 4 aromatic rings. The van der Waals surface area contributed by atoms with E-state index >= 15 is 0 Å². The first kappa shape index (κ1) is 22.2. The van der Waals surface area contributed by atoms with Gasteiger partial charge in [0.15, 0.2) is 0 Å². The third-order valence-corrected chi connectivity index (χ3v) is 7.70. The number of ether oxygens (including phenoxy) is 1. The van der Waals surface area contributed by atoms with Crippen LogP contribution in [0.2, 0.25) is 0 Å². The number of nitrogens with one attached hydrogen (secondary N) is 3. The SMILES string of the molecule is COc1ccc([C@@H](CNS(=O)(=O)c2ccc3c(c2)CCC(=O)N3)c2c[nH]c3ccccc23)cc1. The van der Waals surface area contributed by atoms with Crippen molar-refractivity contribution in [1.82, 2.24) is 9.71 Å². The highest BCUT2D eigenvalue weighted by Gasteiger charge is 2.24. The van der Waals surface area contributed by atoms with Gasteiger partial charge in [-0.25, -0.2) is 13.1 Å². The van der Waals surface area contributed by atoms with Crippen LogP contribution in [-0.2, 0) is 21.2 Å². The maximum Gasteiger partial charge on any atom is 0.240 e. The normalized spacial score (nSPS) is 14.4. The highest BCUT2D eigenvalue weighted by Crippen LogP contribution is 2.32.